The van der Waals surface area contributed by atoms with Crippen molar-refractivity contribution in [2.24, 2.45) is 11.7 Å². The number of hydrogen-bond acceptors (Lipinski definition) is 4. The van der Waals surface area contributed by atoms with Crippen molar-refractivity contribution in [3.05, 3.63) is 23.0 Å². The van der Waals surface area contributed by atoms with Crippen LogP contribution >= 0.6 is 0 Å². The number of fused-ring (bicyclic) bond motifs is 1. The molecule has 0 radical (unpaired) electrons. The zero-order valence-corrected chi connectivity index (χ0v) is 16.9. The van der Waals surface area contributed by atoms with Crippen molar-refractivity contribution in [2.45, 2.75) is 77.3 Å². The minimum atomic E-state index is -0.189. The highest BCUT2D eigenvalue weighted by Gasteiger charge is 2.32. The van der Waals surface area contributed by atoms with Crippen molar-refractivity contribution >= 4 is 16.9 Å². The number of aromatic nitrogens is 3. The van der Waals surface area contributed by atoms with Crippen LogP contribution in [0.3, 0.4) is 0 Å². The highest BCUT2D eigenvalue weighted by atomic mass is 16.1. The summed E-state index contributed by atoms with van der Waals surface area (Å²) in [6.45, 7) is 8.96. The first kappa shape index (κ1) is 18.4. The van der Waals surface area contributed by atoms with Gasteiger partial charge in [-0.2, -0.15) is 5.10 Å². The van der Waals surface area contributed by atoms with Gasteiger partial charge >= 0.3 is 0 Å². The third-order valence-corrected chi connectivity index (χ3v) is 5.99. The van der Waals surface area contributed by atoms with Gasteiger partial charge in [-0.15, -0.1) is 0 Å². The van der Waals surface area contributed by atoms with Crippen molar-refractivity contribution in [3.63, 3.8) is 0 Å². The summed E-state index contributed by atoms with van der Waals surface area (Å²) in [7, 11) is 0. The van der Waals surface area contributed by atoms with E-state index in [1.165, 1.54) is 0 Å². The molecule has 2 heterocycles. The molecule has 1 amide bonds. The lowest BCUT2D eigenvalue weighted by molar-refractivity contribution is 0.0930. The van der Waals surface area contributed by atoms with Gasteiger partial charge in [0.1, 0.15) is 0 Å². The average molecular weight is 370 g/mol. The molecule has 0 saturated heterocycles. The van der Waals surface area contributed by atoms with E-state index >= 15 is 0 Å². The largest absolute Gasteiger partial charge is 0.349 e. The lowest BCUT2D eigenvalue weighted by atomic mass is 10.0. The van der Waals surface area contributed by atoms with Crippen LogP contribution in [0.5, 0.6) is 0 Å². The quantitative estimate of drug-likeness (QED) is 0.866. The first-order valence-electron chi connectivity index (χ1n) is 10.2. The van der Waals surface area contributed by atoms with Crippen LogP contribution in [0, 0.1) is 12.8 Å². The van der Waals surface area contributed by atoms with Crippen molar-refractivity contribution in [2.75, 3.05) is 6.54 Å². The lowest BCUT2D eigenvalue weighted by Gasteiger charge is -2.21. The van der Waals surface area contributed by atoms with Crippen LogP contribution in [-0.2, 0) is 5.54 Å². The molecule has 2 unspecified atom stereocenters. The molecule has 3 N–H and O–H groups in total. The summed E-state index contributed by atoms with van der Waals surface area (Å²) in [4.78, 5) is 18.2. The number of carbonyl (C=O) groups is 1. The Labute approximate surface area is 160 Å². The summed E-state index contributed by atoms with van der Waals surface area (Å²) < 4.78 is 1.97. The fourth-order valence-corrected chi connectivity index (χ4v) is 4.30. The summed E-state index contributed by atoms with van der Waals surface area (Å²) in [6, 6.07) is 2.18. The molecule has 0 spiro atoms. The zero-order chi connectivity index (χ0) is 19.3. The average Bonchev–Trinajstić information content (AvgIpc) is 3.28. The Bertz CT molecular complexity index is 875. The molecule has 2 aliphatic carbocycles. The lowest BCUT2D eigenvalue weighted by Crippen LogP contribution is -2.40. The molecule has 0 bridgehead atoms. The third kappa shape index (κ3) is 3.35. The number of carbonyl (C=O) groups excluding carboxylic acids is 1. The molecule has 27 heavy (non-hydrogen) atoms. The molecule has 2 fully saturated rings. The molecule has 2 aliphatic rings. The first-order valence-corrected chi connectivity index (χ1v) is 10.2. The molecule has 0 aliphatic heterocycles. The van der Waals surface area contributed by atoms with E-state index < -0.39 is 0 Å². The topological polar surface area (TPSA) is 85.8 Å². The maximum atomic E-state index is 13.3. The van der Waals surface area contributed by atoms with Crippen molar-refractivity contribution < 1.29 is 4.79 Å². The highest BCUT2D eigenvalue weighted by molar-refractivity contribution is 6.06. The second-order valence-corrected chi connectivity index (χ2v) is 9.24. The fraction of sp³-hybridized carbons (Fsp3) is 0.667. The number of nitrogens with zero attached hydrogens (tertiary/aromatic N) is 3. The number of pyridine rings is 1. The van der Waals surface area contributed by atoms with Gasteiger partial charge in [-0.1, -0.05) is 6.42 Å². The monoisotopic (exact) mass is 369 g/mol. The third-order valence-electron chi connectivity index (χ3n) is 5.99. The Kier molecular flexibility index (Phi) is 4.49. The summed E-state index contributed by atoms with van der Waals surface area (Å²) in [6.07, 6.45) is 5.55. The maximum absolute atomic E-state index is 13.3. The Morgan fingerprint density at radius 1 is 1.30 bits per heavy atom. The minimum Gasteiger partial charge on any atom is -0.349 e. The molecule has 0 aromatic carbocycles. The van der Waals surface area contributed by atoms with Gasteiger partial charge < -0.3 is 11.1 Å². The predicted octanol–water partition coefficient (Wildman–Crippen LogP) is 3.23. The van der Waals surface area contributed by atoms with E-state index in [1.807, 2.05) is 17.7 Å². The standard InChI is InChI=1S/C21H31N5O/c1-12-18-15(20(27)24-16-7-5-6-14(16)11-22)10-17(13-8-9-13)23-19(18)26(25-12)21(2,3)4/h10,13-14,16H,5-9,11,22H2,1-4H3,(H,24,27). The van der Waals surface area contributed by atoms with Crippen LogP contribution in [0.15, 0.2) is 6.07 Å². The Balaban J connectivity index is 1.79. The summed E-state index contributed by atoms with van der Waals surface area (Å²) in [5.41, 5.74) is 9.15. The maximum Gasteiger partial charge on any atom is 0.252 e. The van der Waals surface area contributed by atoms with Gasteiger partial charge in [-0.05, 0) is 71.9 Å². The van der Waals surface area contributed by atoms with Crippen molar-refractivity contribution in [3.8, 4) is 0 Å². The van der Waals surface area contributed by atoms with Gasteiger partial charge in [0, 0.05) is 17.7 Å². The summed E-state index contributed by atoms with van der Waals surface area (Å²) in [5, 5.41) is 8.89. The van der Waals surface area contributed by atoms with Crippen LogP contribution in [-0.4, -0.2) is 33.3 Å². The van der Waals surface area contributed by atoms with Crippen LogP contribution in [0.25, 0.3) is 11.0 Å². The Hall–Kier alpha value is -1.95. The molecule has 2 aromatic rings. The van der Waals surface area contributed by atoms with Crippen LogP contribution < -0.4 is 11.1 Å². The molecular weight excluding hydrogens is 338 g/mol. The molecule has 2 atom stereocenters. The van der Waals surface area contributed by atoms with E-state index in [0.717, 1.165) is 60.1 Å². The molecule has 2 aromatic heterocycles. The number of rotatable bonds is 4. The normalized spacial score (nSPS) is 23.1. The summed E-state index contributed by atoms with van der Waals surface area (Å²) in [5.74, 6) is 0.853. The number of nitrogens with two attached hydrogens (primary N) is 1. The molecular formula is C21H31N5O. The van der Waals surface area contributed by atoms with Gasteiger partial charge in [0.15, 0.2) is 5.65 Å². The molecule has 2 saturated carbocycles. The van der Waals surface area contributed by atoms with Gasteiger partial charge in [-0.3, -0.25) is 4.79 Å². The first-order chi connectivity index (χ1) is 12.8. The molecule has 6 nitrogen and oxygen atoms in total. The number of aryl methyl sites for hydroxylation is 1. The van der Waals surface area contributed by atoms with Crippen LogP contribution in [0.2, 0.25) is 0 Å². The minimum absolute atomic E-state index is 0.00814. The fourth-order valence-electron chi connectivity index (χ4n) is 4.30. The number of hydrogen-bond donors (Lipinski definition) is 2. The Morgan fingerprint density at radius 2 is 2.04 bits per heavy atom. The second-order valence-electron chi connectivity index (χ2n) is 9.24. The predicted molar refractivity (Wildman–Crippen MR) is 107 cm³/mol. The number of nitrogens with one attached hydrogen (secondary N) is 1. The van der Waals surface area contributed by atoms with Gasteiger partial charge in [0.25, 0.3) is 5.91 Å². The van der Waals surface area contributed by atoms with E-state index in [-0.39, 0.29) is 17.5 Å². The van der Waals surface area contributed by atoms with Gasteiger partial charge in [0.05, 0.1) is 22.2 Å². The van der Waals surface area contributed by atoms with E-state index in [1.54, 1.807) is 0 Å². The second kappa shape index (κ2) is 6.59. The summed E-state index contributed by atoms with van der Waals surface area (Å²) >= 11 is 0. The van der Waals surface area contributed by atoms with Crippen molar-refractivity contribution in [1.29, 1.82) is 0 Å². The zero-order valence-electron chi connectivity index (χ0n) is 16.9. The van der Waals surface area contributed by atoms with E-state index in [0.29, 0.717) is 18.4 Å². The SMILES string of the molecule is Cc1nn(C(C)(C)C)c2nc(C3CC3)cc(C(=O)NC3CCCC3CN)c12. The molecule has 4 rings (SSSR count). The molecule has 146 valence electrons. The van der Waals surface area contributed by atoms with E-state index in [9.17, 15) is 4.79 Å². The van der Waals surface area contributed by atoms with Crippen LogP contribution in [0.1, 0.15) is 80.5 Å². The van der Waals surface area contributed by atoms with E-state index in [2.05, 4.69) is 26.1 Å². The van der Waals surface area contributed by atoms with Crippen molar-refractivity contribution in [1.82, 2.24) is 20.1 Å². The highest BCUT2D eigenvalue weighted by Crippen LogP contribution is 2.41. The van der Waals surface area contributed by atoms with Gasteiger partial charge in [-0.25, -0.2) is 9.67 Å². The van der Waals surface area contributed by atoms with E-state index in [4.69, 9.17) is 15.8 Å². The Morgan fingerprint density at radius 3 is 2.67 bits per heavy atom. The van der Waals surface area contributed by atoms with Crippen LogP contribution in [0.4, 0.5) is 0 Å². The van der Waals surface area contributed by atoms with Gasteiger partial charge in [0.2, 0.25) is 0 Å². The number of amides is 1. The smallest absolute Gasteiger partial charge is 0.252 e. The molecule has 6 heteroatoms.